The number of carbonyl (C=O) groups excluding carboxylic acids is 1. The first-order valence-electron chi connectivity index (χ1n) is 10.8. The Balaban J connectivity index is 1.91. The smallest absolute Gasteiger partial charge is 0.280 e. The largest absolute Gasteiger partial charge is 0.365 e. The lowest BCUT2D eigenvalue weighted by Gasteiger charge is -2.42. The van der Waals surface area contributed by atoms with E-state index in [2.05, 4.69) is 11.4 Å². The zero-order chi connectivity index (χ0) is 23.0. The van der Waals surface area contributed by atoms with Gasteiger partial charge in [0.2, 0.25) is 0 Å². The predicted octanol–water partition coefficient (Wildman–Crippen LogP) is 4.06. The van der Waals surface area contributed by atoms with E-state index in [4.69, 9.17) is 0 Å². The van der Waals surface area contributed by atoms with Crippen molar-refractivity contribution in [2.75, 3.05) is 31.6 Å². The molecule has 0 spiro atoms. The van der Waals surface area contributed by atoms with Crippen molar-refractivity contribution in [3.8, 4) is 6.07 Å². The van der Waals surface area contributed by atoms with Crippen molar-refractivity contribution < 1.29 is 13.6 Å². The highest BCUT2D eigenvalue weighted by Gasteiger charge is 2.44. The molecule has 1 N–H and O–H groups in total. The number of piperidine rings is 1. The Kier molecular flexibility index (Phi) is 6.43. The van der Waals surface area contributed by atoms with E-state index in [1.807, 2.05) is 45.9 Å². The first kappa shape index (κ1) is 23.2. The van der Waals surface area contributed by atoms with Crippen LogP contribution in [-0.2, 0) is 11.2 Å². The van der Waals surface area contributed by atoms with E-state index in [-0.39, 0.29) is 29.5 Å². The van der Waals surface area contributed by atoms with Crippen molar-refractivity contribution in [3.63, 3.8) is 0 Å². The maximum Gasteiger partial charge on any atom is 0.280 e. The summed E-state index contributed by atoms with van der Waals surface area (Å²) in [5.41, 5.74) is 2.62. The van der Waals surface area contributed by atoms with Crippen molar-refractivity contribution >= 4 is 11.6 Å². The molecule has 0 bridgehead atoms. The summed E-state index contributed by atoms with van der Waals surface area (Å²) in [5.74, 6) is -3.09. The van der Waals surface area contributed by atoms with E-state index >= 15 is 0 Å². The van der Waals surface area contributed by atoms with Gasteiger partial charge in [-0.2, -0.15) is 5.26 Å². The third kappa shape index (κ3) is 4.74. The van der Waals surface area contributed by atoms with Crippen LogP contribution in [0.25, 0.3) is 0 Å². The third-order valence-electron chi connectivity index (χ3n) is 6.19. The molecule has 168 valence electrons. The molecule has 2 aliphatic rings. The molecule has 0 saturated carbocycles. The van der Waals surface area contributed by atoms with Gasteiger partial charge in [0.25, 0.3) is 11.8 Å². The summed E-state index contributed by atoms with van der Waals surface area (Å²) in [4.78, 5) is 16.5. The average Bonchev–Trinajstić information content (AvgIpc) is 2.70. The van der Waals surface area contributed by atoms with Crippen LogP contribution in [0, 0.1) is 16.7 Å². The van der Waals surface area contributed by atoms with Gasteiger partial charge in [-0.3, -0.25) is 4.79 Å². The van der Waals surface area contributed by atoms with Gasteiger partial charge in [-0.15, -0.1) is 0 Å². The molecule has 31 heavy (non-hydrogen) atoms. The molecule has 0 aromatic heterocycles. The lowest BCUT2D eigenvalue weighted by molar-refractivity contribution is -0.129. The number of hydrogen-bond acceptors (Lipinski definition) is 4. The SMILES string of the molecule is CC1c2cccc(N(C)C3CCNCC3(F)F)c2CCN1C(=O)/C(C#N)=C\C(C)(C)C. The molecule has 1 amide bonds. The summed E-state index contributed by atoms with van der Waals surface area (Å²) in [6.07, 6.45) is 2.65. The van der Waals surface area contributed by atoms with Crippen LogP contribution in [0.5, 0.6) is 0 Å². The van der Waals surface area contributed by atoms with Crippen LogP contribution in [0.4, 0.5) is 14.5 Å². The monoisotopic (exact) mass is 430 g/mol. The fourth-order valence-corrected chi connectivity index (χ4v) is 4.65. The maximum absolute atomic E-state index is 14.6. The van der Waals surface area contributed by atoms with E-state index in [0.717, 1.165) is 16.8 Å². The Hall–Kier alpha value is -2.46. The van der Waals surface area contributed by atoms with Crippen LogP contribution in [0.3, 0.4) is 0 Å². The fourth-order valence-electron chi connectivity index (χ4n) is 4.65. The number of amides is 1. The molecule has 1 aromatic rings. The summed E-state index contributed by atoms with van der Waals surface area (Å²) in [5, 5.41) is 12.3. The summed E-state index contributed by atoms with van der Waals surface area (Å²) in [6.45, 7) is 8.48. The van der Waals surface area contributed by atoms with E-state index in [1.54, 1.807) is 22.9 Å². The molecule has 5 nitrogen and oxygen atoms in total. The number of fused-ring (bicyclic) bond motifs is 1. The van der Waals surface area contributed by atoms with Crippen molar-refractivity contribution in [1.29, 1.82) is 5.26 Å². The van der Waals surface area contributed by atoms with Crippen molar-refractivity contribution in [2.24, 2.45) is 5.41 Å². The molecule has 7 heteroatoms. The summed E-state index contributed by atoms with van der Waals surface area (Å²) >= 11 is 0. The number of benzene rings is 1. The standard InChI is InChI=1S/C24H32F2N4O/c1-16-18-7-6-8-20(29(5)21-9-11-28-15-24(21,25)26)19(18)10-12-30(16)22(31)17(14-27)13-23(2,3)4/h6-8,13,16,21,28H,9-12,15H2,1-5H3/b17-13-. The number of allylic oxidation sites excluding steroid dienone is 1. The summed E-state index contributed by atoms with van der Waals surface area (Å²) in [7, 11) is 1.74. The number of anilines is 1. The zero-order valence-corrected chi connectivity index (χ0v) is 19.0. The molecule has 1 aromatic carbocycles. The van der Waals surface area contributed by atoms with Gasteiger partial charge in [-0.25, -0.2) is 8.78 Å². The highest BCUT2D eigenvalue weighted by molar-refractivity contribution is 5.97. The first-order chi connectivity index (χ1) is 14.5. The van der Waals surface area contributed by atoms with Crippen LogP contribution in [0.1, 0.15) is 51.3 Å². The Morgan fingerprint density at radius 2 is 2.10 bits per heavy atom. The molecule has 1 fully saturated rings. The van der Waals surface area contributed by atoms with Gasteiger partial charge in [0.1, 0.15) is 11.6 Å². The number of nitrogens with zero attached hydrogens (tertiary/aromatic N) is 3. The van der Waals surface area contributed by atoms with Gasteiger partial charge < -0.3 is 15.1 Å². The minimum absolute atomic E-state index is 0.144. The lowest BCUT2D eigenvalue weighted by atomic mass is 9.89. The predicted molar refractivity (Wildman–Crippen MR) is 118 cm³/mol. The molecular formula is C24H32F2N4O. The van der Waals surface area contributed by atoms with Crippen LogP contribution >= 0.6 is 0 Å². The molecular weight excluding hydrogens is 398 g/mol. The number of rotatable bonds is 3. The summed E-state index contributed by atoms with van der Waals surface area (Å²) in [6, 6.07) is 6.66. The second-order valence-corrected chi connectivity index (χ2v) is 9.66. The van der Waals surface area contributed by atoms with Gasteiger partial charge in [0.15, 0.2) is 0 Å². The zero-order valence-electron chi connectivity index (χ0n) is 19.0. The Bertz CT molecular complexity index is 913. The van der Waals surface area contributed by atoms with Gasteiger partial charge in [0, 0.05) is 19.3 Å². The van der Waals surface area contributed by atoms with Crippen LogP contribution in [0.15, 0.2) is 29.8 Å². The third-order valence-corrected chi connectivity index (χ3v) is 6.19. The van der Waals surface area contributed by atoms with E-state index in [0.29, 0.717) is 25.9 Å². The first-order valence-corrected chi connectivity index (χ1v) is 10.8. The Morgan fingerprint density at radius 1 is 1.39 bits per heavy atom. The number of carbonyl (C=O) groups is 1. The molecule has 2 heterocycles. The summed E-state index contributed by atoms with van der Waals surface area (Å²) < 4.78 is 29.1. The number of alkyl halides is 2. The minimum atomic E-state index is -2.81. The van der Waals surface area contributed by atoms with E-state index < -0.39 is 12.0 Å². The van der Waals surface area contributed by atoms with E-state index in [9.17, 15) is 18.8 Å². The number of nitriles is 1. The molecule has 1 saturated heterocycles. The number of hydrogen-bond donors (Lipinski definition) is 1. The van der Waals surface area contributed by atoms with Crippen molar-refractivity contribution in [2.45, 2.75) is 58.5 Å². The average molecular weight is 431 g/mol. The molecule has 2 unspecified atom stereocenters. The van der Waals surface area contributed by atoms with Gasteiger partial charge in [-0.1, -0.05) is 39.0 Å². The molecule has 0 aliphatic carbocycles. The van der Waals surface area contributed by atoms with Crippen molar-refractivity contribution in [1.82, 2.24) is 10.2 Å². The second kappa shape index (κ2) is 8.58. The topological polar surface area (TPSA) is 59.4 Å². The maximum atomic E-state index is 14.6. The minimum Gasteiger partial charge on any atom is -0.365 e. The highest BCUT2D eigenvalue weighted by Crippen LogP contribution is 2.38. The lowest BCUT2D eigenvalue weighted by Crippen LogP contribution is -2.56. The molecule has 2 atom stereocenters. The number of nitrogens with one attached hydrogen (secondary N) is 1. The highest BCUT2D eigenvalue weighted by atomic mass is 19.3. The molecule has 3 rings (SSSR count). The Labute approximate surface area is 183 Å². The number of halogens is 2. The quantitative estimate of drug-likeness (QED) is 0.580. The van der Waals surface area contributed by atoms with Crippen LogP contribution < -0.4 is 10.2 Å². The van der Waals surface area contributed by atoms with Crippen LogP contribution in [-0.4, -0.2) is 49.5 Å². The van der Waals surface area contributed by atoms with E-state index in [1.165, 1.54) is 0 Å². The van der Waals surface area contributed by atoms with Crippen molar-refractivity contribution in [3.05, 3.63) is 41.0 Å². The molecule has 0 radical (unpaired) electrons. The van der Waals surface area contributed by atoms with Gasteiger partial charge in [0.05, 0.1) is 18.6 Å². The van der Waals surface area contributed by atoms with Gasteiger partial charge >= 0.3 is 0 Å². The van der Waals surface area contributed by atoms with Crippen LogP contribution in [0.2, 0.25) is 0 Å². The Morgan fingerprint density at radius 3 is 2.71 bits per heavy atom. The second-order valence-electron chi connectivity index (χ2n) is 9.66. The fraction of sp³-hybridized carbons (Fsp3) is 0.583. The van der Waals surface area contributed by atoms with Gasteiger partial charge in [-0.05, 0) is 48.9 Å². The normalized spacial score (nSPS) is 23.7. The molecule has 2 aliphatic heterocycles.